The average molecular weight is 508 g/mol. The highest BCUT2D eigenvalue weighted by atomic mass is 32.2. The molecule has 1 aromatic heterocycles. The van der Waals surface area contributed by atoms with Gasteiger partial charge in [0, 0.05) is 29.1 Å². The number of hydrogen-bond acceptors (Lipinski definition) is 12. The number of hydrogen-bond donors (Lipinski definition) is 3. The Morgan fingerprint density at radius 3 is 2.97 bits per heavy atom. The Morgan fingerprint density at radius 2 is 2.33 bits per heavy atom. The van der Waals surface area contributed by atoms with Crippen LogP contribution in [0, 0.1) is 11.3 Å². The monoisotopic (exact) mass is 507 g/mol. The molecule has 2 amide bonds. The molecule has 15 heteroatoms. The number of allylic oxidation sites excluding steroid dienone is 1. The van der Waals surface area contributed by atoms with E-state index in [0.717, 1.165) is 16.4 Å². The summed E-state index contributed by atoms with van der Waals surface area (Å²) in [5.41, 5.74) is 5.76. The third-order valence-corrected chi connectivity index (χ3v) is 6.98. The van der Waals surface area contributed by atoms with E-state index in [1.54, 1.807) is 5.41 Å². The molecule has 2 aliphatic heterocycles. The van der Waals surface area contributed by atoms with Crippen molar-refractivity contribution >= 4 is 63.7 Å². The highest BCUT2D eigenvalue weighted by molar-refractivity contribution is 8.02. The second-order valence-corrected chi connectivity index (χ2v) is 9.12. The van der Waals surface area contributed by atoms with Crippen LogP contribution in [0.15, 0.2) is 40.6 Å². The van der Waals surface area contributed by atoms with E-state index in [-0.39, 0.29) is 29.0 Å². The number of carboxylic acid groups (broad SMARTS) is 1. The minimum absolute atomic E-state index is 0.0299. The van der Waals surface area contributed by atoms with E-state index in [2.05, 4.69) is 26.4 Å². The standard InChI is InChI=1S/C18H17N7O5S3/c1-2-5-30-23-10(13-22-18(20)33-24-13)14(26)21-11-15(27)25-12(17(28)29)9(8-32-16(11)25)7-31-6-3-4-19/h2-3,6,11,16H,1,5,7-8H2,(H,21,26)(H,28,29)(H2,20,22,24)/b6-3+,23-10?/t11?,16-/m1/s1. The first-order valence-corrected chi connectivity index (χ1v) is 12.0. The van der Waals surface area contributed by atoms with Crippen LogP contribution in [0.4, 0.5) is 5.13 Å². The summed E-state index contributed by atoms with van der Waals surface area (Å²) < 4.78 is 3.95. The van der Waals surface area contributed by atoms with Crippen molar-refractivity contribution in [2.45, 2.75) is 11.4 Å². The lowest BCUT2D eigenvalue weighted by Gasteiger charge is -2.49. The molecule has 1 saturated heterocycles. The fourth-order valence-electron chi connectivity index (χ4n) is 2.90. The van der Waals surface area contributed by atoms with Gasteiger partial charge in [-0.05, 0) is 11.0 Å². The number of carbonyl (C=O) groups excluding carboxylic acids is 2. The molecule has 12 nitrogen and oxygen atoms in total. The van der Waals surface area contributed by atoms with Crippen molar-refractivity contribution in [3.8, 4) is 6.07 Å². The summed E-state index contributed by atoms with van der Waals surface area (Å²) in [5, 5.41) is 25.6. The summed E-state index contributed by atoms with van der Waals surface area (Å²) in [6, 6.07) is 0.886. The molecule has 0 aliphatic carbocycles. The van der Waals surface area contributed by atoms with Crippen LogP contribution in [0.3, 0.4) is 0 Å². The molecule has 1 unspecified atom stereocenters. The first-order chi connectivity index (χ1) is 15.9. The maximum atomic E-state index is 12.8. The number of aliphatic carboxylic acids is 1. The zero-order chi connectivity index (χ0) is 24.0. The van der Waals surface area contributed by atoms with E-state index in [4.69, 9.17) is 15.8 Å². The number of nitrogens with one attached hydrogen (secondary N) is 1. The molecule has 2 aliphatic rings. The Bertz CT molecular complexity index is 1110. The summed E-state index contributed by atoms with van der Waals surface area (Å²) in [4.78, 5) is 47.6. The van der Waals surface area contributed by atoms with Crippen molar-refractivity contribution in [2.24, 2.45) is 5.16 Å². The van der Waals surface area contributed by atoms with Crippen molar-refractivity contribution < 1.29 is 24.3 Å². The molecule has 2 atom stereocenters. The van der Waals surface area contributed by atoms with Gasteiger partial charge >= 0.3 is 5.97 Å². The van der Waals surface area contributed by atoms with E-state index in [1.165, 1.54) is 35.7 Å². The topological polar surface area (TPSA) is 184 Å². The normalized spacial score (nSPS) is 20.2. The Labute approximate surface area is 200 Å². The van der Waals surface area contributed by atoms with E-state index in [0.29, 0.717) is 17.1 Å². The van der Waals surface area contributed by atoms with Crippen LogP contribution in [0.2, 0.25) is 0 Å². The van der Waals surface area contributed by atoms with Crippen molar-refractivity contribution in [3.05, 3.63) is 41.2 Å². The number of nitrogens with two attached hydrogens (primary N) is 1. The number of carbonyl (C=O) groups is 3. The van der Waals surface area contributed by atoms with E-state index >= 15 is 0 Å². The van der Waals surface area contributed by atoms with Gasteiger partial charge in [0.15, 0.2) is 5.13 Å². The van der Waals surface area contributed by atoms with E-state index in [1.807, 2.05) is 6.07 Å². The van der Waals surface area contributed by atoms with Crippen LogP contribution in [-0.4, -0.2) is 72.4 Å². The smallest absolute Gasteiger partial charge is 0.352 e. The van der Waals surface area contributed by atoms with Crippen molar-refractivity contribution in [1.29, 1.82) is 5.26 Å². The number of thioether (sulfide) groups is 2. The third kappa shape index (κ3) is 5.35. The maximum Gasteiger partial charge on any atom is 0.352 e. The van der Waals surface area contributed by atoms with Gasteiger partial charge in [-0.2, -0.15) is 14.6 Å². The van der Waals surface area contributed by atoms with Gasteiger partial charge in [0.25, 0.3) is 11.8 Å². The van der Waals surface area contributed by atoms with E-state index in [9.17, 15) is 19.5 Å². The molecule has 0 saturated carbocycles. The number of nitrogens with zero attached hydrogens (tertiary/aromatic N) is 5. The van der Waals surface area contributed by atoms with Gasteiger partial charge in [0.2, 0.25) is 11.5 Å². The number of nitrogen functional groups attached to an aromatic ring is 1. The van der Waals surface area contributed by atoms with E-state index < -0.39 is 29.2 Å². The first-order valence-electron chi connectivity index (χ1n) is 9.16. The Kier molecular flexibility index (Phi) is 8.09. The lowest BCUT2D eigenvalue weighted by molar-refractivity contribution is -0.150. The average Bonchev–Trinajstić information content (AvgIpc) is 3.22. The fourth-order valence-corrected chi connectivity index (χ4v) is 5.50. The Balaban J connectivity index is 1.76. The molecular formula is C18H17N7O5S3. The molecule has 4 N–H and O–H groups in total. The van der Waals surface area contributed by atoms with Crippen LogP contribution < -0.4 is 11.1 Å². The highest BCUT2D eigenvalue weighted by Gasteiger charge is 2.54. The molecular weight excluding hydrogens is 490 g/mol. The minimum Gasteiger partial charge on any atom is -0.477 e. The van der Waals surface area contributed by atoms with Gasteiger partial charge in [0.05, 0.1) is 6.07 Å². The number of carboxylic acids is 1. The first kappa shape index (κ1) is 24.3. The number of aromatic nitrogens is 2. The van der Waals surface area contributed by atoms with Crippen molar-refractivity contribution in [3.63, 3.8) is 0 Å². The van der Waals surface area contributed by atoms with Crippen LogP contribution in [-0.2, 0) is 19.2 Å². The molecule has 3 rings (SSSR count). The number of rotatable bonds is 10. The summed E-state index contributed by atoms with van der Waals surface area (Å²) in [7, 11) is 0. The molecule has 1 fully saturated rings. The van der Waals surface area contributed by atoms with Crippen LogP contribution in [0.25, 0.3) is 0 Å². The largest absolute Gasteiger partial charge is 0.477 e. The molecule has 0 radical (unpaired) electrons. The lowest BCUT2D eigenvalue weighted by Crippen LogP contribution is -2.71. The summed E-state index contributed by atoms with van der Waals surface area (Å²) >= 11 is 3.44. The van der Waals surface area contributed by atoms with Crippen molar-refractivity contribution in [1.82, 2.24) is 19.6 Å². The summed E-state index contributed by atoms with van der Waals surface area (Å²) in [6.07, 6.45) is 2.72. The molecule has 0 spiro atoms. The molecule has 0 bridgehead atoms. The molecule has 0 aromatic carbocycles. The highest BCUT2D eigenvalue weighted by Crippen LogP contribution is 2.41. The Hall–Kier alpha value is -3.35. The number of oxime groups is 1. The Morgan fingerprint density at radius 1 is 1.55 bits per heavy atom. The molecule has 1 aromatic rings. The SMILES string of the molecule is C=CCON=C(C(=O)NC1C(=O)N2C(C(=O)O)=C(CS/C=C/C#N)CS[C@H]12)c1nsc(N)n1. The van der Waals surface area contributed by atoms with Crippen LogP contribution in [0.5, 0.6) is 0 Å². The molecule has 33 heavy (non-hydrogen) atoms. The number of anilines is 1. The second-order valence-electron chi connectivity index (χ2n) is 6.34. The second kappa shape index (κ2) is 11.0. The van der Waals surface area contributed by atoms with Gasteiger partial charge in [0.1, 0.15) is 23.7 Å². The zero-order valence-corrected chi connectivity index (χ0v) is 19.3. The van der Waals surface area contributed by atoms with Gasteiger partial charge < -0.3 is 21.0 Å². The predicted octanol–water partition coefficient (Wildman–Crippen LogP) is 0.536. The van der Waals surface area contributed by atoms with Crippen molar-refractivity contribution in [2.75, 3.05) is 23.8 Å². The molecule has 3 heterocycles. The van der Waals surface area contributed by atoms with Gasteiger partial charge in [-0.1, -0.05) is 17.8 Å². The third-order valence-electron chi connectivity index (χ3n) is 4.25. The zero-order valence-electron chi connectivity index (χ0n) is 16.8. The summed E-state index contributed by atoms with van der Waals surface area (Å²) in [5.74, 6) is -1.96. The minimum atomic E-state index is -1.24. The number of fused-ring (bicyclic) bond motifs is 1. The fraction of sp³-hybridized carbons (Fsp3) is 0.278. The lowest BCUT2D eigenvalue weighted by atomic mass is 10.0. The molecule has 172 valence electrons. The predicted molar refractivity (Wildman–Crippen MR) is 124 cm³/mol. The quantitative estimate of drug-likeness (QED) is 0.100. The van der Waals surface area contributed by atoms with Gasteiger partial charge in [-0.15, -0.1) is 23.5 Å². The maximum absolute atomic E-state index is 12.8. The number of nitriles is 1. The van der Waals surface area contributed by atoms with Crippen LogP contribution >= 0.6 is 35.1 Å². The van der Waals surface area contributed by atoms with Gasteiger partial charge in [-0.3, -0.25) is 14.5 Å². The van der Waals surface area contributed by atoms with Crippen LogP contribution in [0.1, 0.15) is 5.82 Å². The summed E-state index contributed by atoms with van der Waals surface area (Å²) in [6.45, 7) is 3.52. The number of β-lactam (4-membered cyclic amide) rings is 1. The number of amides is 2. The van der Waals surface area contributed by atoms with Gasteiger partial charge in [-0.25, -0.2) is 4.79 Å².